The molecule has 6 amide bonds. The summed E-state index contributed by atoms with van der Waals surface area (Å²) < 4.78 is 42.2. The number of phenolic OH excluding ortho intramolecular Hbond substituents is 1. The molecule has 2 aromatic heterocycles. The first-order valence-electron chi connectivity index (χ1n) is 27.3. The smallest absolute Gasteiger partial charge is 0.255 e. The van der Waals surface area contributed by atoms with Crippen LogP contribution in [0.15, 0.2) is 102 Å². The van der Waals surface area contributed by atoms with Gasteiger partial charge in [-0.3, -0.25) is 34.1 Å². The monoisotopic (exact) mass is 1180 g/mol. The average Bonchev–Trinajstić information content (AvgIpc) is 4.49. The molecule has 3 unspecified atom stereocenters. The van der Waals surface area contributed by atoms with Gasteiger partial charge in [-0.15, -0.1) is 22.7 Å². The van der Waals surface area contributed by atoms with Crippen molar-refractivity contribution in [2.45, 2.75) is 71.8 Å². The van der Waals surface area contributed by atoms with Crippen molar-refractivity contribution in [3.05, 3.63) is 141 Å². The van der Waals surface area contributed by atoms with Gasteiger partial charge in [0, 0.05) is 54.4 Å². The van der Waals surface area contributed by atoms with Crippen molar-refractivity contribution in [1.29, 1.82) is 0 Å². The molecule has 23 heteroatoms. The van der Waals surface area contributed by atoms with Crippen molar-refractivity contribution in [2.24, 2.45) is 5.41 Å². The highest BCUT2D eigenvalue weighted by atomic mass is 32.1. The second kappa shape index (κ2) is 29.6. The number of carbonyl (C=O) groups excluding carboxylic acids is 6. The Morgan fingerprint density at radius 3 is 2.10 bits per heavy atom. The molecule has 0 saturated carbocycles. The van der Waals surface area contributed by atoms with E-state index in [1.807, 2.05) is 63.5 Å². The first-order valence-corrected chi connectivity index (χ1v) is 29.1. The number of halogens is 1. The van der Waals surface area contributed by atoms with Crippen LogP contribution in [0.25, 0.3) is 21.6 Å². The largest absolute Gasteiger partial charge is 0.508 e. The number of ether oxygens (including phenoxy) is 5. The van der Waals surface area contributed by atoms with E-state index in [1.54, 1.807) is 58.0 Å². The number of hydrogen-bond donors (Lipinski definition) is 5. The third-order valence-corrected chi connectivity index (χ3v) is 15.5. The summed E-state index contributed by atoms with van der Waals surface area (Å²) in [6, 6.07) is 20.6. The number of amides is 6. The fraction of sp³-hybridized carbons (Fsp3) is 0.400. The van der Waals surface area contributed by atoms with Crippen molar-refractivity contribution < 1.29 is 61.9 Å². The lowest BCUT2D eigenvalue weighted by Crippen LogP contribution is -2.58. The highest BCUT2D eigenvalue weighted by Crippen LogP contribution is 2.38. The molecule has 0 aliphatic carbocycles. The van der Waals surface area contributed by atoms with E-state index in [9.17, 15) is 38.3 Å². The van der Waals surface area contributed by atoms with Gasteiger partial charge in [-0.1, -0.05) is 69.3 Å². The Labute approximate surface area is 489 Å². The zero-order valence-corrected chi connectivity index (χ0v) is 48.4. The zero-order valence-electron chi connectivity index (χ0n) is 46.8. The Balaban J connectivity index is 0.642. The number of likely N-dealkylation sites (tertiary alicyclic amines) is 1. The van der Waals surface area contributed by atoms with E-state index in [-0.39, 0.29) is 73.7 Å². The molecule has 6 aromatic rings. The molecule has 2 aliphatic heterocycles. The van der Waals surface area contributed by atoms with Crippen molar-refractivity contribution in [3.8, 4) is 27.3 Å². The summed E-state index contributed by atoms with van der Waals surface area (Å²) in [7, 11) is 0. The van der Waals surface area contributed by atoms with E-state index < -0.39 is 47.1 Å². The fourth-order valence-electron chi connectivity index (χ4n) is 9.54. The predicted octanol–water partition coefficient (Wildman–Crippen LogP) is 7.07. The van der Waals surface area contributed by atoms with E-state index in [0.29, 0.717) is 87.8 Å². The molecular weight excluding hydrogens is 1110 g/mol. The average molecular weight is 1180 g/mol. The minimum atomic E-state index is -1.35. The van der Waals surface area contributed by atoms with E-state index >= 15 is 0 Å². The van der Waals surface area contributed by atoms with Crippen LogP contribution in [-0.4, -0.2) is 152 Å². The molecule has 0 bridgehead atoms. The molecule has 4 aromatic carbocycles. The number of hydrogen-bond acceptors (Lipinski definition) is 16. The Morgan fingerprint density at radius 2 is 1.45 bits per heavy atom. The molecule has 0 radical (unpaired) electrons. The van der Waals surface area contributed by atoms with Gasteiger partial charge in [0.25, 0.3) is 17.7 Å². The van der Waals surface area contributed by atoms with E-state index in [4.69, 9.17) is 23.7 Å². The van der Waals surface area contributed by atoms with Crippen LogP contribution in [0.1, 0.15) is 82.8 Å². The highest BCUT2D eigenvalue weighted by Gasteiger charge is 2.42. The quantitative estimate of drug-likeness (QED) is 0.0295. The normalized spacial score (nSPS) is 14.8. The van der Waals surface area contributed by atoms with E-state index in [1.165, 1.54) is 22.4 Å². The third-order valence-electron chi connectivity index (χ3n) is 13.9. The number of benzene rings is 4. The number of aryl methyl sites for hydroxylation is 1. The highest BCUT2D eigenvalue weighted by molar-refractivity contribution is 7.14. The second-order valence-electron chi connectivity index (χ2n) is 20.8. The molecule has 83 heavy (non-hydrogen) atoms. The summed E-state index contributed by atoms with van der Waals surface area (Å²) >= 11 is 2.76. The number of anilines is 1. The molecule has 5 N–H and O–H groups in total. The molecule has 2 aliphatic rings. The molecular formula is C60H69FN8O12S2. The molecule has 1 saturated heterocycles. The summed E-state index contributed by atoms with van der Waals surface area (Å²) in [4.78, 5) is 93.1. The summed E-state index contributed by atoms with van der Waals surface area (Å²) in [5.74, 6) is -3.40. The van der Waals surface area contributed by atoms with Gasteiger partial charge in [0.15, 0.2) is 5.13 Å². The minimum absolute atomic E-state index is 0.0442. The van der Waals surface area contributed by atoms with Gasteiger partial charge in [-0.2, -0.15) is 0 Å². The van der Waals surface area contributed by atoms with Gasteiger partial charge in [-0.05, 0) is 89.4 Å². The molecule has 4 heterocycles. The second-order valence-corrected chi connectivity index (χ2v) is 22.6. The van der Waals surface area contributed by atoms with E-state index in [2.05, 4.69) is 31.2 Å². The summed E-state index contributed by atoms with van der Waals surface area (Å²) in [5, 5.41) is 24.0. The van der Waals surface area contributed by atoms with Gasteiger partial charge in [-0.25, -0.2) is 14.4 Å². The van der Waals surface area contributed by atoms with Crippen LogP contribution < -0.4 is 21.3 Å². The predicted molar refractivity (Wildman–Crippen MR) is 310 cm³/mol. The first-order chi connectivity index (χ1) is 40.0. The van der Waals surface area contributed by atoms with E-state index in [0.717, 1.165) is 45.5 Å². The topological polar surface area (TPSA) is 249 Å². The molecule has 8 rings (SSSR count). The standard InChI is InChI=1S/C60H69FN8O12S2/c1-38-52(83-37-65-38)41-9-7-39(8-10-41)34-64-55(73)48-6-5-21-68(48)58(76)53(60(2,3)4)66-50(71)36-81-30-29-80-28-27-79-26-25-78-24-23-77-22-19-62-54(72)42-13-11-40(12-14-42)43-15-16-44-35-69(57(75)46(44)32-43)51(47-33-45(61)17-18-49(47)70)56(74)67-59-63-20-31-82-59/h7-18,20,31-33,37,48,51,53,70H,5-6,19,21-30,34-36H2,1-4H3,(H,62,72)(H,64,73)(H,66,71)(H,63,67,74). The number of nitrogens with zero attached hydrogens (tertiary/aromatic N) is 4. The van der Waals surface area contributed by atoms with Gasteiger partial charge in [0.1, 0.15) is 36.3 Å². The maximum absolute atomic E-state index is 14.4. The maximum atomic E-state index is 14.4. The van der Waals surface area contributed by atoms with Gasteiger partial charge in [0.05, 0.1) is 75.5 Å². The van der Waals surface area contributed by atoms with Crippen LogP contribution in [-0.2, 0) is 56.0 Å². The van der Waals surface area contributed by atoms with Crippen molar-refractivity contribution in [2.75, 3.05) is 84.5 Å². The lowest BCUT2D eigenvalue weighted by atomic mass is 9.85. The number of rotatable bonds is 29. The molecule has 0 spiro atoms. The van der Waals surface area contributed by atoms with Crippen molar-refractivity contribution >= 4 is 63.2 Å². The van der Waals surface area contributed by atoms with Crippen molar-refractivity contribution in [1.82, 2.24) is 35.7 Å². The van der Waals surface area contributed by atoms with Crippen LogP contribution in [0.5, 0.6) is 5.75 Å². The lowest BCUT2D eigenvalue weighted by Gasteiger charge is -2.35. The Morgan fingerprint density at radius 1 is 0.783 bits per heavy atom. The first kappa shape index (κ1) is 61.6. The zero-order chi connectivity index (χ0) is 58.9. The SMILES string of the molecule is Cc1ncsc1-c1ccc(CNC(=O)C2CCCN2C(=O)C(NC(=O)COCCOCCOCCOCCOCCNC(=O)c2ccc(-c3ccc4c(c3)C(=O)N(C(C(=O)Nc3nccs3)c3cc(F)ccc3O)C4)cc2)C(C)(C)C)cc1. The minimum Gasteiger partial charge on any atom is -0.508 e. The fourth-order valence-corrected chi connectivity index (χ4v) is 10.9. The number of fused-ring (bicyclic) bond motifs is 1. The van der Waals surface area contributed by atoms with Crippen LogP contribution in [0, 0.1) is 18.2 Å². The van der Waals surface area contributed by atoms with Crippen LogP contribution in [0.4, 0.5) is 9.52 Å². The number of aromatic nitrogens is 2. The molecule has 20 nitrogen and oxygen atoms in total. The number of aromatic hydroxyl groups is 1. The Bertz CT molecular complexity index is 3170. The van der Waals surface area contributed by atoms with Crippen LogP contribution >= 0.6 is 22.7 Å². The van der Waals surface area contributed by atoms with Gasteiger partial charge >= 0.3 is 0 Å². The number of thiazole rings is 2. The molecule has 3 atom stereocenters. The summed E-state index contributed by atoms with van der Waals surface area (Å²) in [5.41, 5.74) is 7.01. The third kappa shape index (κ3) is 16.8. The number of carbonyl (C=O) groups is 6. The van der Waals surface area contributed by atoms with Gasteiger partial charge in [0.2, 0.25) is 17.7 Å². The molecule has 440 valence electrons. The summed E-state index contributed by atoms with van der Waals surface area (Å²) in [6.45, 7) is 11.0. The summed E-state index contributed by atoms with van der Waals surface area (Å²) in [6.07, 6.45) is 2.73. The lowest BCUT2D eigenvalue weighted by molar-refractivity contribution is -0.144. The molecule has 1 fully saturated rings. The van der Waals surface area contributed by atoms with Crippen LogP contribution in [0.3, 0.4) is 0 Å². The Kier molecular flexibility index (Phi) is 22.0. The van der Waals surface area contributed by atoms with Gasteiger partial charge < -0.3 is 54.5 Å². The maximum Gasteiger partial charge on any atom is 0.255 e. The Hall–Kier alpha value is -7.51. The number of nitrogens with one attached hydrogen (secondary N) is 4. The van der Waals surface area contributed by atoms with Crippen LogP contribution in [0.2, 0.25) is 0 Å². The number of phenols is 1. The van der Waals surface area contributed by atoms with Crippen molar-refractivity contribution in [3.63, 3.8) is 0 Å².